The van der Waals surface area contributed by atoms with Crippen LogP contribution in [0.1, 0.15) is 9.80 Å². The van der Waals surface area contributed by atoms with Crippen LogP contribution in [0.2, 0.25) is 5.02 Å². The molecule has 0 aliphatic rings. The number of nitrogen functional groups attached to an aromatic ring is 1. The number of hydrogen-bond donors (Lipinski definition) is 2. The van der Waals surface area contributed by atoms with E-state index in [4.69, 9.17) is 22.1 Å². The second kappa shape index (κ2) is 8.48. The molecule has 0 saturated heterocycles. The van der Waals surface area contributed by atoms with Crippen LogP contribution >= 0.6 is 22.9 Å². The van der Waals surface area contributed by atoms with Crippen molar-refractivity contribution in [1.82, 2.24) is 9.97 Å². The van der Waals surface area contributed by atoms with Crippen LogP contribution in [0.15, 0.2) is 67.0 Å². The van der Waals surface area contributed by atoms with Crippen LogP contribution in [0.25, 0.3) is 10.4 Å². The summed E-state index contributed by atoms with van der Waals surface area (Å²) in [6.45, 7) is 0. The SMILES string of the molecule is Nc1nccc(Oc2ccc(NC(=O)c3ncc(-c4ccccc4)s3)cc2F)c1Cl. The van der Waals surface area contributed by atoms with Gasteiger partial charge in [-0.1, -0.05) is 41.9 Å². The minimum Gasteiger partial charge on any atom is -0.453 e. The second-order valence-corrected chi connectivity index (χ2v) is 7.51. The molecule has 0 saturated carbocycles. The fourth-order valence-electron chi connectivity index (χ4n) is 2.60. The van der Waals surface area contributed by atoms with E-state index in [9.17, 15) is 9.18 Å². The molecule has 9 heteroatoms. The molecule has 0 fully saturated rings. The van der Waals surface area contributed by atoms with Crippen LogP contribution in [-0.2, 0) is 0 Å². The number of amides is 1. The zero-order valence-corrected chi connectivity index (χ0v) is 16.9. The van der Waals surface area contributed by atoms with E-state index in [1.54, 1.807) is 6.20 Å². The smallest absolute Gasteiger partial charge is 0.284 e. The first kappa shape index (κ1) is 19.8. The van der Waals surface area contributed by atoms with Crippen molar-refractivity contribution in [3.05, 3.63) is 82.8 Å². The number of pyridine rings is 1. The number of thiazole rings is 1. The normalized spacial score (nSPS) is 10.6. The van der Waals surface area contributed by atoms with E-state index < -0.39 is 11.7 Å². The minimum absolute atomic E-state index is 0.0684. The predicted molar refractivity (Wildman–Crippen MR) is 116 cm³/mol. The van der Waals surface area contributed by atoms with Crippen molar-refractivity contribution in [1.29, 1.82) is 0 Å². The number of nitrogens with two attached hydrogens (primary N) is 1. The van der Waals surface area contributed by atoms with E-state index in [1.165, 1.54) is 35.7 Å². The van der Waals surface area contributed by atoms with E-state index in [0.29, 0.717) is 0 Å². The van der Waals surface area contributed by atoms with Gasteiger partial charge in [0, 0.05) is 30.2 Å². The average Bonchev–Trinajstić information content (AvgIpc) is 3.24. The zero-order chi connectivity index (χ0) is 21.1. The Balaban J connectivity index is 1.48. The van der Waals surface area contributed by atoms with Gasteiger partial charge < -0.3 is 15.8 Å². The summed E-state index contributed by atoms with van der Waals surface area (Å²) in [5, 5.41) is 2.99. The first-order chi connectivity index (χ1) is 14.5. The van der Waals surface area contributed by atoms with Gasteiger partial charge in [-0.3, -0.25) is 4.79 Å². The number of carbonyl (C=O) groups is 1. The van der Waals surface area contributed by atoms with Crippen LogP contribution in [0.3, 0.4) is 0 Å². The molecule has 0 unspecified atom stereocenters. The Kier molecular flexibility index (Phi) is 5.60. The van der Waals surface area contributed by atoms with Crippen molar-refractivity contribution in [3.63, 3.8) is 0 Å². The highest BCUT2D eigenvalue weighted by Gasteiger charge is 2.15. The summed E-state index contributed by atoms with van der Waals surface area (Å²) in [6, 6.07) is 15.1. The van der Waals surface area contributed by atoms with Crippen LogP contribution in [0.5, 0.6) is 11.5 Å². The Morgan fingerprint density at radius 2 is 1.90 bits per heavy atom. The highest BCUT2D eigenvalue weighted by atomic mass is 35.5. The van der Waals surface area contributed by atoms with E-state index in [0.717, 1.165) is 16.5 Å². The van der Waals surface area contributed by atoms with Gasteiger partial charge in [-0.2, -0.15) is 0 Å². The van der Waals surface area contributed by atoms with Crippen molar-refractivity contribution in [2.75, 3.05) is 11.1 Å². The van der Waals surface area contributed by atoms with Crippen LogP contribution < -0.4 is 15.8 Å². The van der Waals surface area contributed by atoms with Gasteiger partial charge in [0.1, 0.15) is 10.8 Å². The molecule has 3 N–H and O–H groups in total. The fourth-order valence-corrected chi connectivity index (χ4v) is 3.57. The Labute approximate surface area is 180 Å². The highest BCUT2D eigenvalue weighted by Crippen LogP contribution is 2.34. The van der Waals surface area contributed by atoms with Gasteiger partial charge in [0.25, 0.3) is 5.91 Å². The van der Waals surface area contributed by atoms with Crippen molar-refractivity contribution in [2.24, 2.45) is 0 Å². The summed E-state index contributed by atoms with van der Waals surface area (Å²) in [5.41, 5.74) is 6.85. The third-order valence-corrected chi connectivity index (χ3v) is 5.47. The third kappa shape index (κ3) is 4.24. The summed E-state index contributed by atoms with van der Waals surface area (Å²) in [4.78, 5) is 21.3. The number of halogens is 2. The molecule has 0 radical (unpaired) electrons. The molecule has 2 heterocycles. The molecule has 4 rings (SSSR count). The molecule has 0 aliphatic carbocycles. The molecule has 4 aromatic rings. The molecular weight excluding hydrogens is 427 g/mol. The standard InChI is InChI=1S/C21H14ClFN4O2S/c22-18-16(8-9-25-19(18)24)29-15-7-6-13(10-14(15)23)27-20(28)21-26-11-17(30-21)12-4-2-1-3-5-12/h1-11H,(H2,24,25)(H,27,28). The first-order valence-corrected chi connectivity index (χ1v) is 9.90. The highest BCUT2D eigenvalue weighted by molar-refractivity contribution is 7.17. The topological polar surface area (TPSA) is 90.1 Å². The molecule has 2 aromatic carbocycles. The summed E-state index contributed by atoms with van der Waals surface area (Å²) in [6.07, 6.45) is 3.04. The number of anilines is 2. The first-order valence-electron chi connectivity index (χ1n) is 8.71. The van der Waals surface area contributed by atoms with Crippen LogP contribution in [-0.4, -0.2) is 15.9 Å². The molecule has 6 nitrogen and oxygen atoms in total. The average molecular weight is 441 g/mol. The van der Waals surface area contributed by atoms with Gasteiger partial charge in [0.15, 0.2) is 22.3 Å². The molecule has 0 spiro atoms. The van der Waals surface area contributed by atoms with Gasteiger partial charge in [0.05, 0.1) is 4.88 Å². The Morgan fingerprint density at radius 3 is 2.67 bits per heavy atom. The lowest BCUT2D eigenvalue weighted by molar-refractivity contribution is 0.102. The van der Waals surface area contributed by atoms with E-state index >= 15 is 0 Å². The van der Waals surface area contributed by atoms with E-state index in [1.807, 2.05) is 30.3 Å². The zero-order valence-electron chi connectivity index (χ0n) is 15.3. The molecule has 0 bridgehead atoms. The second-order valence-electron chi connectivity index (χ2n) is 6.11. The van der Waals surface area contributed by atoms with Crippen LogP contribution in [0, 0.1) is 5.82 Å². The Hall–Kier alpha value is -3.49. The molecular formula is C21H14ClFN4O2S. The number of aromatic nitrogens is 2. The van der Waals surface area contributed by atoms with Crippen molar-refractivity contribution in [2.45, 2.75) is 0 Å². The quantitative estimate of drug-likeness (QED) is 0.420. The minimum atomic E-state index is -0.677. The van der Waals surface area contributed by atoms with Crippen molar-refractivity contribution < 1.29 is 13.9 Å². The van der Waals surface area contributed by atoms with Gasteiger partial charge in [-0.05, 0) is 17.7 Å². The summed E-state index contributed by atoms with van der Waals surface area (Å²) in [5.74, 6) is -0.919. The maximum atomic E-state index is 14.5. The summed E-state index contributed by atoms with van der Waals surface area (Å²) in [7, 11) is 0. The predicted octanol–water partition coefficient (Wildman–Crippen LogP) is 5.62. The van der Waals surface area contributed by atoms with Gasteiger partial charge >= 0.3 is 0 Å². The monoisotopic (exact) mass is 440 g/mol. The number of hydrogen-bond acceptors (Lipinski definition) is 6. The van der Waals surface area contributed by atoms with Crippen molar-refractivity contribution in [3.8, 4) is 21.9 Å². The van der Waals surface area contributed by atoms with Gasteiger partial charge in [0.2, 0.25) is 0 Å². The van der Waals surface area contributed by atoms with E-state index in [-0.39, 0.29) is 33.0 Å². The van der Waals surface area contributed by atoms with Crippen LogP contribution in [0.4, 0.5) is 15.9 Å². The Bertz CT molecular complexity index is 1220. The molecule has 2 aromatic heterocycles. The molecule has 30 heavy (non-hydrogen) atoms. The summed E-state index contributed by atoms with van der Waals surface area (Å²) >= 11 is 7.26. The lowest BCUT2D eigenvalue weighted by Crippen LogP contribution is -2.11. The van der Waals surface area contributed by atoms with Crippen molar-refractivity contribution >= 4 is 40.4 Å². The fraction of sp³-hybridized carbons (Fsp3) is 0. The maximum absolute atomic E-state index is 14.5. The van der Waals surface area contributed by atoms with E-state index in [2.05, 4.69) is 15.3 Å². The Morgan fingerprint density at radius 1 is 1.10 bits per heavy atom. The lowest BCUT2D eigenvalue weighted by Gasteiger charge is -2.10. The van der Waals surface area contributed by atoms with Gasteiger partial charge in [-0.25, -0.2) is 14.4 Å². The molecule has 150 valence electrons. The number of ether oxygens (including phenoxy) is 1. The number of nitrogens with one attached hydrogen (secondary N) is 1. The number of rotatable bonds is 5. The number of nitrogens with zero attached hydrogens (tertiary/aromatic N) is 2. The molecule has 1 amide bonds. The molecule has 0 atom stereocenters. The summed E-state index contributed by atoms with van der Waals surface area (Å²) < 4.78 is 19.9. The molecule has 0 aliphatic heterocycles. The number of carbonyl (C=O) groups excluding carboxylic acids is 1. The number of benzene rings is 2. The van der Waals surface area contributed by atoms with Gasteiger partial charge in [-0.15, -0.1) is 11.3 Å². The maximum Gasteiger partial charge on any atom is 0.284 e. The largest absolute Gasteiger partial charge is 0.453 e. The third-order valence-electron chi connectivity index (χ3n) is 4.05. The lowest BCUT2D eigenvalue weighted by atomic mass is 10.2.